The van der Waals surface area contributed by atoms with E-state index in [1.807, 2.05) is 12.1 Å². The molecule has 2 aromatic rings. The van der Waals surface area contributed by atoms with Gasteiger partial charge in [0, 0.05) is 16.8 Å². The zero-order chi connectivity index (χ0) is 13.7. The molecule has 0 saturated carbocycles. The lowest BCUT2D eigenvalue weighted by atomic mass is 10.2. The molecule has 98 valence electrons. The molecule has 2 rings (SSSR count). The van der Waals surface area contributed by atoms with Crippen LogP contribution in [0.15, 0.2) is 52.6 Å². The van der Waals surface area contributed by atoms with Gasteiger partial charge in [0.1, 0.15) is 5.69 Å². The number of aromatic nitrogens is 1. The summed E-state index contributed by atoms with van der Waals surface area (Å²) in [6.45, 7) is 2.07. The molecule has 1 aromatic carbocycles. The lowest BCUT2D eigenvalue weighted by Gasteiger charge is -2.04. The Bertz CT molecular complexity index is 581. The summed E-state index contributed by atoms with van der Waals surface area (Å²) in [7, 11) is 0. The Morgan fingerprint density at radius 1 is 1.32 bits per heavy atom. The van der Waals surface area contributed by atoms with E-state index in [1.165, 1.54) is 10.5 Å². The minimum atomic E-state index is 0.0298. The zero-order valence-electron chi connectivity index (χ0n) is 10.6. The molecule has 0 aliphatic heterocycles. The highest BCUT2D eigenvalue weighted by Gasteiger charge is 2.03. The molecule has 0 radical (unpaired) electrons. The molecule has 0 unspecified atom stereocenters. The van der Waals surface area contributed by atoms with Crippen LogP contribution in [0.25, 0.3) is 0 Å². The first-order valence-corrected chi connectivity index (χ1v) is 6.80. The Hall–Kier alpha value is -2.01. The topological polar surface area (TPSA) is 71.5 Å². The fourth-order valence-electron chi connectivity index (χ4n) is 1.56. The van der Waals surface area contributed by atoms with Gasteiger partial charge >= 0.3 is 0 Å². The van der Waals surface area contributed by atoms with Gasteiger partial charge in [-0.05, 0) is 36.8 Å². The number of aryl methyl sites for hydroxylation is 1. The third-order valence-corrected chi connectivity index (χ3v) is 3.70. The monoisotopic (exact) mass is 273 g/mol. The second-order valence-corrected chi connectivity index (χ2v) is 5.19. The van der Waals surface area contributed by atoms with Crippen LogP contribution in [0.2, 0.25) is 0 Å². The predicted molar refractivity (Wildman–Crippen MR) is 77.5 cm³/mol. The number of thioether (sulfide) groups is 1. The minimum absolute atomic E-state index is 0.0298. The molecule has 19 heavy (non-hydrogen) atoms. The van der Waals surface area contributed by atoms with Crippen molar-refractivity contribution in [3.63, 3.8) is 0 Å². The number of nitrogens with zero attached hydrogens (tertiary/aromatic N) is 2. The molecule has 0 bridgehead atoms. The maximum atomic E-state index is 8.63. The summed E-state index contributed by atoms with van der Waals surface area (Å²) >= 11 is 1.74. The van der Waals surface area contributed by atoms with Crippen LogP contribution in [0.5, 0.6) is 0 Å². The van der Waals surface area contributed by atoms with Crippen molar-refractivity contribution in [2.75, 3.05) is 0 Å². The summed E-state index contributed by atoms with van der Waals surface area (Å²) in [6.07, 6.45) is 1.67. The zero-order valence-corrected chi connectivity index (χ0v) is 11.4. The van der Waals surface area contributed by atoms with Gasteiger partial charge in [-0.1, -0.05) is 22.9 Å². The number of hydrogen-bond donors (Lipinski definition) is 2. The number of pyridine rings is 1. The van der Waals surface area contributed by atoms with E-state index in [4.69, 9.17) is 10.9 Å². The van der Waals surface area contributed by atoms with Gasteiger partial charge in [0.05, 0.1) is 0 Å². The van der Waals surface area contributed by atoms with Crippen molar-refractivity contribution in [2.45, 2.75) is 17.6 Å². The quantitative estimate of drug-likeness (QED) is 0.295. The predicted octanol–water partition coefficient (Wildman–Crippen LogP) is 2.78. The standard InChI is InChI=1S/C14H15N3OS/c1-10-2-4-12(5-3-10)19-9-11-6-7-16-13(8-11)14(15)17-18/h2-8,18H,9H2,1H3,(H2,15,17). The lowest BCUT2D eigenvalue weighted by Crippen LogP contribution is -2.15. The molecule has 0 aliphatic rings. The second-order valence-electron chi connectivity index (χ2n) is 4.14. The van der Waals surface area contributed by atoms with E-state index in [2.05, 4.69) is 41.3 Å². The third kappa shape index (κ3) is 3.72. The van der Waals surface area contributed by atoms with Crippen molar-refractivity contribution in [2.24, 2.45) is 10.9 Å². The number of rotatable bonds is 4. The summed E-state index contributed by atoms with van der Waals surface area (Å²) in [5.74, 6) is 0.847. The van der Waals surface area contributed by atoms with E-state index in [0.717, 1.165) is 11.3 Å². The number of benzene rings is 1. The van der Waals surface area contributed by atoms with E-state index in [1.54, 1.807) is 18.0 Å². The summed E-state index contributed by atoms with van der Waals surface area (Å²) in [5.41, 5.74) is 8.35. The molecule has 0 amide bonds. The van der Waals surface area contributed by atoms with Crippen LogP contribution in [-0.4, -0.2) is 16.0 Å². The van der Waals surface area contributed by atoms with Crippen LogP contribution >= 0.6 is 11.8 Å². The average molecular weight is 273 g/mol. The van der Waals surface area contributed by atoms with Crippen LogP contribution in [0.1, 0.15) is 16.8 Å². The first-order chi connectivity index (χ1) is 9.19. The Kier molecular flexibility index (Phi) is 4.41. The summed E-state index contributed by atoms with van der Waals surface area (Å²) in [4.78, 5) is 5.27. The van der Waals surface area contributed by atoms with Crippen molar-refractivity contribution in [3.05, 3.63) is 59.4 Å². The normalized spacial score (nSPS) is 11.5. The highest BCUT2D eigenvalue weighted by atomic mass is 32.2. The first kappa shape index (κ1) is 13.4. The summed E-state index contributed by atoms with van der Waals surface area (Å²) in [5, 5.41) is 11.6. The summed E-state index contributed by atoms with van der Waals surface area (Å²) < 4.78 is 0. The highest BCUT2D eigenvalue weighted by Crippen LogP contribution is 2.23. The van der Waals surface area contributed by atoms with Gasteiger partial charge in [0.25, 0.3) is 0 Å². The summed E-state index contributed by atoms with van der Waals surface area (Å²) in [6, 6.07) is 12.1. The third-order valence-electron chi connectivity index (χ3n) is 2.62. The number of hydrogen-bond acceptors (Lipinski definition) is 4. The van der Waals surface area contributed by atoms with Gasteiger partial charge in [-0.15, -0.1) is 11.8 Å². The average Bonchev–Trinajstić information content (AvgIpc) is 2.46. The van der Waals surface area contributed by atoms with Crippen molar-refractivity contribution in [3.8, 4) is 0 Å². The Labute approximate surface area is 116 Å². The smallest absolute Gasteiger partial charge is 0.188 e. The van der Waals surface area contributed by atoms with Crippen LogP contribution in [0.3, 0.4) is 0 Å². The molecule has 3 N–H and O–H groups in total. The fraction of sp³-hybridized carbons (Fsp3) is 0.143. The number of nitrogens with two attached hydrogens (primary N) is 1. The first-order valence-electron chi connectivity index (χ1n) is 5.81. The largest absolute Gasteiger partial charge is 0.409 e. The Morgan fingerprint density at radius 2 is 2.05 bits per heavy atom. The van der Waals surface area contributed by atoms with E-state index in [9.17, 15) is 0 Å². The SMILES string of the molecule is Cc1ccc(SCc2ccnc(C(N)=NO)c2)cc1. The fourth-order valence-corrected chi connectivity index (χ4v) is 2.40. The maximum Gasteiger partial charge on any atom is 0.188 e. The van der Waals surface area contributed by atoms with Gasteiger partial charge in [0.2, 0.25) is 0 Å². The number of amidine groups is 1. The molecule has 5 heteroatoms. The molecule has 0 fully saturated rings. The van der Waals surface area contributed by atoms with E-state index < -0.39 is 0 Å². The molecule has 0 spiro atoms. The molecule has 0 saturated heterocycles. The van der Waals surface area contributed by atoms with Gasteiger partial charge in [0.15, 0.2) is 5.84 Å². The van der Waals surface area contributed by atoms with Gasteiger partial charge in [-0.25, -0.2) is 0 Å². The molecule has 0 atom stereocenters. The molecule has 1 aromatic heterocycles. The maximum absolute atomic E-state index is 8.63. The van der Waals surface area contributed by atoms with Crippen LogP contribution in [0, 0.1) is 6.92 Å². The highest BCUT2D eigenvalue weighted by molar-refractivity contribution is 7.98. The van der Waals surface area contributed by atoms with Gasteiger partial charge < -0.3 is 10.9 Å². The Morgan fingerprint density at radius 3 is 2.74 bits per heavy atom. The molecule has 0 aliphatic carbocycles. The van der Waals surface area contributed by atoms with E-state index in [-0.39, 0.29) is 5.84 Å². The number of oxime groups is 1. The van der Waals surface area contributed by atoms with E-state index >= 15 is 0 Å². The van der Waals surface area contributed by atoms with Crippen LogP contribution in [0.4, 0.5) is 0 Å². The molecular weight excluding hydrogens is 258 g/mol. The van der Waals surface area contributed by atoms with Crippen LogP contribution < -0.4 is 5.73 Å². The second kappa shape index (κ2) is 6.24. The van der Waals surface area contributed by atoms with Gasteiger partial charge in [-0.3, -0.25) is 4.98 Å². The van der Waals surface area contributed by atoms with E-state index in [0.29, 0.717) is 5.69 Å². The molecule has 1 heterocycles. The van der Waals surface area contributed by atoms with Crippen molar-refractivity contribution >= 4 is 17.6 Å². The van der Waals surface area contributed by atoms with Crippen molar-refractivity contribution in [1.82, 2.24) is 4.98 Å². The molecule has 4 nitrogen and oxygen atoms in total. The Balaban J connectivity index is 2.05. The van der Waals surface area contributed by atoms with Crippen molar-refractivity contribution in [1.29, 1.82) is 0 Å². The van der Waals surface area contributed by atoms with Gasteiger partial charge in [-0.2, -0.15) is 0 Å². The van der Waals surface area contributed by atoms with Crippen LogP contribution in [-0.2, 0) is 5.75 Å². The molecular formula is C14H15N3OS. The minimum Gasteiger partial charge on any atom is -0.409 e. The lowest BCUT2D eigenvalue weighted by molar-refractivity contribution is 0.318. The van der Waals surface area contributed by atoms with Crippen molar-refractivity contribution < 1.29 is 5.21 Å².